The summed E-state index contributed by atoms with van der Waals surface area (Å²) >= 11 is 0. The van der Waals surface area contributed by atoms with E-state index in [1.165, 1.54) is 12.1 Å². The van der Waals surface area contributed by atoms with Crippen molar-refractivity contribution in [3.8, 4) is 11.5 Å². The number of nitro benzene ring substituents is 1. The van der Waals surface area contributed by atoms with Crippen LogP contribution in [0, 0.1) is 10.1 Å². The fourth-order valence-corrected chi connectivity index (χ4v) is 2.70. The van der Waals surface area contributed by atoms with E-state index in [4.69, 9.17) is 9.47 Å². The van der Waals surface area contributed by atoms with Crippen LogP contribution in [-0.4, -0.2) is 31.1 Å². The molecule has 144 valence electrons. The minimum Gasteiger partial charge on any atom is -0.497 e. The minimum absolute atomic E-state index is 0.152. The van der Waals surface area contributed by atoms with Crippen molar-refractivity contribution in [3.05, 3.63) is 58.1 Å². The molecule has 0 fully saturated rings. The Bertz CT molecular complexity index is 825. The number of rotatable bonds is 8. The molecule has 0 saturated heterocycles. The van der Waals surface area contributed by atoms with Gasteiger partial charge in [0.25, 0.3) is 5.69 Å². The molecular formula is C19H23N3O5. The highest BCUT2D eigenvalue weighted by atomic mass is 16.6. The molecule has 0 radical (unpaired) electrons. The van der Waals surface area contributed by atoms with Gasteiger partial charge in [0.15, 0.2) is 0 Å². The second-order valence-corrected chi connectivity index (χ2v) is 5.98. The third-order valence-corrected chi connectivity index (χ3v) is 4.16. The Morgan fingerprint density at radius 3 is 2.44 bits per heavy atom. The smallest absolute Gasteiger partial charge is 0.292 e. The van der Waals surface area contributed by atoms with Crippen LogP contribution in [0.2, 0.25) is 0 Å². The number of hydrogen-bond acceptors (Lipinski definition) is 6. The number of hydrogen-bond donors (Lipinski definition) is 2. The van der Waals surface area contributed by atoms with Crippen LogP contribution in [0.25, 0.3) is 0 Å². The van der Waals surface area contributed by atoms with Crippen LogP contribution in [0.5, 0.6) is 11.5 Å². The SMILES string of the molecule is COc1ccc(OC)c(C(C)NC(C)C(=O)Nc2ccccc2[N+](=O)[O-])c1. The van der Waals surface area contributed by atoms with Gasteiger partial charge in [-0.1, -0.05) is 12.1 Å². The summed E-state index contributed by atoms with van der Waals surface area (Å²) in [6.45, 7) is 3.58. The minimum atomic E-state index is -0.601. The molecule has 8 nitrogen and oxygen atoms in total. The average Bonchev–Trinajstić information content (AvgIpc) is 2.67. The quantitative estimate of drug-likeness (QED) is 0.544. The first-order valence-corrected chi connectivity index (χ1v) is 8.39. The van der Waals surface area contributed by atoms with Gasteiger partial charge in [-0.2, -0.15) is 0 Å². The van der Waals surface area contributed by atoms with E-state index in [1.54, 1.807) is 45.4 Å². The normalized spacial score (nSPS) is 12.7. The molecule has 0 heterocycles. The summed E-state index contributed by atoms with van der Waals surface area (Å²) in [6.07, 6.45) is 0. The summed E-state index contributed by atoms with van der Waals surface area (Å²) in [5, 5.41) is 16.9. The summed E-state index contributed by atoms with van der Waals surface area (Å²) in [6, 6.07) is 10.6. The van der Waals surface area contributed by atoms with Crippen LogP contribution in [0.4, 0.5) is 11.4 Å². The molecule has 1 amide bonds. The Labute approximate surface area is 157 Å². The molecule has 0 spiro atoms. The molecule has 0 aliphatic heterocycles. The standard InChI is InChI=1S/C19H23N3O5/c1-12(15-11-14(26-3)9-10-18(15)27-4)20-13(2)19(23)21-16-7-5-6-8-17(16)22(24)25/h5-13,20H,1-4H3,(H,21,23). The van der Waals surface area contributed by atoms with E-state index < -0.39 is 11.0 Å². The number of nitrogens with one attached hydrogen (secondary N) is 2. The maximum atomic E-state index is 12.5. The third kappa shape index (κ3) is 4.95. The number of nitro groups is 1. The van der Waals surface area contributed by atoms with Gasteiger partial charge in [-0.15, -0.1) is 0 Å². The number of nitrogens with zero attached hydrogens (tertiary/aromatic N) is 1. The molecule has 0 aliphatic carbocycles. The van der Waals surface area contributed by atoms with Crippen molar-refractivity contribution in [3.63, 3.8) is 0 Å². The zero-order valence-corrected chi connectivity index (χ0v) is 15.7. The molecule has 2 rings (SSSR count). The van der Waals surface area contributed by atoms with Gasteiger partial charge in [0.1, 0.15) is 17.2 Å². The molecule has 2 aromatic carbocycles. The number of ether oxygens (including phenoxy) is 2. The van der Waals surface area contributed by atoms with Gasteiger partial charge in [0, 0.05) is 17.7 Å². The molecule has 0 aromatic heterocycles. The van der Waals surface area contributed by atoms with Crippen LogP contribution in [0.1, 0.15) is 25.5 Å². The van der Waals surface area contributed by atoms with Gasteiger partial charge in [-0.3, -0.25) is 20.2 Å². The van der Waals surface area contributed by atoms with Crippen molar-refractivity contribution in [2.24, 2.45) is 0 Å². The predicted octanol–water partition coefficient (Wildman–Crippen LogP) is 3.29. The number of benzene rings is 2. The van der Waals surface area contributed by atoms with Crippen molar-refractivity contribution in [1.82, 2.24) is 5.32 Å². The maximum absolute atomic E-state index is 12.5. The first-order chi connectivity index (χ1) is 12.9. The van der Waals surface area contributed by atoms with Crippen molar-refractivity contribution < 1.29 is 19.2 Å². The third-order valence-electron chi connectivity index (χ3n) is 4.16. The lowest BCUT2D eigenvalue weighted by Gasteiger charge is -2.22. The van der Waals surface area contributed by atoms with Crippen molar-refractivity contribution in [1.29, 1.82) is 0 Å². The molecule has 2 atom stereocenters. The van der Waals surface area contributed by atoms with E-state index in [0.29, 0.717) is 11.5 Å². The molecule has 2 aromatic rings. The van der Waals surface area contributed by atoms with E-state index in [1.807, 2.05) is 13.0 Å². The lowest BCUT2D eigenvalue weighted by molar-refractivity contribution is -0.383. The number of para-hydroxylation sites is 2. The lowest BCUT2D eigenvalue weighted by atomic mass is 10.1. The molecular weight excluding hydrogens is 350 g/mol. The topological polar surface area (TPSA) is 103 Å². The van der Waals surface area contributed by atoms with E-state index in [2.05, 4.69) is 10.6 Å². The van der Waals surface area contributed by atoms with E-state index >= 15 is 0 Å². The maximum Gasteiger partial charge on any atom is 0.292 e. The Morgan fingerprint density at radius 1 is 1.11 bits per heavy atom. The number of anilines is 1. The first-order valence-electron chi connectivity index (χ1n) is 8.39. The molecule has 0 saturated carbocycles. The van der Waals surface area contributed by atoms with Gasteiger partial charge >= 0.3 is 0 Å². The number of carbonyl (C=O) groups excluding carboxylic acids is 1. The van der Waals surface area contributed by atoms with Gasteiger partial charge in [-0.25, -0.2) is 0 Å². The number of amides is 1. The van der Waals surface area contributed by atoms with E-state index in [-0.39, 0.29) is 23.3 Å². The van der Waals surface area contributed by atoms with Gasteiger partial charge in [0.05, 0.1) is 25.2 Å². The fourth-order valence-electron chi connectivity index (χ4n) is 2.70. The molecule has 0 bridgehead atoms. The Hall–Kier alpha value is -3.13. The summed E-state index contributed by atoms with van der Waals surface area (Å²) in [5.41, 5.74) is 0.843. The summed E-state index contributed by atoms with van der Waals surface area (Å²) in [7, 11) is 3.15. The molecule has 2 unspecified atom stereocenters. The number of carbonyl (C=O) groups is 1. The Morgan fingerprint density at radius 2 is 1.81 bits per heavy atom. The van der Waals surface area contributed by atoms with Gasteiger partial charge < -0.3 is 14.8 Å². The zero-order chi connectivity index (χ0) is 20.0. The molecule has 2 N–H and O–H groups in total. The average molecular weight is 373 g/mol. The van der Waals surface area contributed by atoms with Crippen LogP contribution in [-0.2, 0) is 4.79 Å². The van der Waals surface area contributed by atoms with Crippen LogP contribution < -0.4 is 20.1 Å². The second kappa shape index (κ2) is 9.00. The predicted molar refractivity (Wildman–Crippen MR) is 102 cm³/mol. The second-order valence-electron chi connectivity index (χ2n) is 5.98. The molecule has 27 heavy (non-hydrogen) atoms. The van der Waals surface area contributed by atoms with Crippen LogP contribution in [0.3, 0.4) is 0 Å². The van der Waals surface area contributed by atoms with Crippen LogP contribution in [0.15, 0.2) is 42.5 Å². The van der Waals surface area contributed by atoms with Gasteiger partial charge in [-0.05, 0) is 38.1 Å². The van der Waals surface area contributed by atoms with Gasteiger partial charge in [0.2, 0.25) is 5.91 Å². The summed E-state index contributed by atoms with van der Waals surface area (Å²) < 4.78 is 10.6. The lowest BCUT2D eigenvalue weighted by Crippen LogP contribution is -2.39. The van der Waals surface area contributed by atoms with Crippen molar-refractivity contribution >= 4 is 17.3 Å². The summed E-state index contributed by atoms with van der Waals surface area (Å²) in [4.78, 5) is 23.0. The Balaban J connectivity index is 2.12. The van der Waals surface area contributed by atoms with E-state index in [0.717, 1.165) is 5.56 Å². The van der Waals surface area contributed by atoms with Crippen molar-refractivity contribution in [2.45, 2.75) is 25.9 Å². The first kappa shape index (κ1) is 20.2. The highest BCUT2D eigenvalue weighted by molar-refractivity contribution is 5.96. The van der Waals surface area contributed by atoms with E-state index in [9.17, 15) is 14.9 Å². The monoisotopic (exact) mass is 373 g/mol. The fraction of sp³-hybridized carbons (Fsp3) is 0.316. The molecule has 8 heteroatoms. The zero-order valence-electron chi connectivity index (χ0n) is 15.7. The highest BCUT2D eigenvalue weighted by Crippen LogP contribution is 2.29. The largest absolute Gasteiger partial charge is 0.497 e. The van der Waals surface area contributed by atoms with Crippen LogP contribution >= 0.6 is 0 Å². The molecule has 0 aliphatic rings. The Kier molecular flexibility index (Phi) is 6.73. The van der Waals surface area contributed by atoms with Crippen molar-refractivity contribution in [2.75, 3.05) is 19.5 Å². The summed E-state index contributed by atoms with van der Waals surface area (Å²) in [5.74, 6) is 0.969. The highest BCUT2D eigenvalue weighted by Gasteiger charge is 2.21. The number of methoxy groups -OCH3 is 2.